The van der Waals surface area contributed by atoms with Crippen LogP contribution < -0.4 is 0 Å². The number of ketones is 2. The van der Waals surface area contributed by atoms with Crippen molar-refractivity contribution in [1.29, 1.82) is 0 Å². The highest BCUT2D eigenvalue weighted by Crippen LogP contribution is 2.67. The number of Topliss-reactive ketones (excluding diaryl/α,β-unsaturated/α-hetero) is 1. The van der Waals surface area contributed by atoms with E-state index in [0.29, 0.717) is 12.8 Å². The number of hydrogen-bond donors (Lipinski definition) is 1. The van der Waals surface area contributed by atoms with Gasteiger partial charge in [-0.25, -0.2) is 4.79 Å². The maximum absolute atomic E-state index is 13.5. The third-order valence-corrected chi connectivity index (χ3v) is 9.44. The van der Waals surface area contributed by atoms with E-state index >= 15 is 0 Å². The molecule has 0 aromatic heterocycles. The number of carbonyl (C=O) groups excluding carboxylic acids is 3. The lowest BCUT2D eigenvalue weighted by atomic mass is 9.46. The molecule has 3 fully saturated rings. The van der Waals surface area contributed by atoms with E-state index in [9.17, 15) is 27.9 Å². The Labute approximate surface area is 199 Å². The normalized spacial score (nSPS) is 41.1. The molecular weight excluding hydrogens is 464 g/mol. The molecule has 0 saturated heterocycles. The first-order chi connectivity index (χ1) is 15.8. The summed E-state index contributed by atoms with van der Waals surface area (Å²) in [6.45, 7) is 3.11. The molecule has 0 aliphatic heterocycles. The fraction of sp³-hybridized carbons (Fsp3) is 0.708. The number of carbonyl (C=O) groups is 3. The Morgan fingerprint density at radius 2 is 1.94 bits per heavy atom. The van der Waals surface area contributed by atoms with E-state index in [1.165, 1.54) is 0 Å². The second-order valence-electron chi connectivity index (χ2n) is 10.5. The topological polar surface area (TPSA) is 133 Å². The summed E-state index contributed by atoms with van der Waals surface area (Å²) >= 11 is 0. The van der Waals surface area contributed by atoms with Crippen molar-refractivity contribution in [2.45, 2.75) is 57.7 Å². The van der Waals surface area contributed by atoms with E-state index < -0.39 is 51.2 Å². The van der Waals surface area contributed by atoms with Gasteiger partial charge in [0.1, 0.15) is 6.61 Å². The van der Waals surface area contributed by atoms with Gasteiger partial charge in [-0.15, -0.1) is 0 Å². The molecule has 34 heavy (non-hydrogen) atoms. The van der Waals surface area contributed by atoms with E-state index in [2.05, 4.69) is 0 Å². The van der Waals surface area contributed by atoms with E-state index in [4.69, 9.17) is 13.7 Å². The van der Waals surface area contributed by atoms with Gasteiger partial charge in [0.25, 0.3) is 10.1 Å². The molecule has 4 aliphatic rings. The Balaban J connectivity index is 1.73. The Bertz CT molecular complexity index is 1080. The van der Waals surface area contributed by atoms with Gasteiger partial charge < -0.3 is 14.6 Å². The Morgan fingerprint density at radius 3 is 2.59 bits per heavy atom. The highest BCUT2D eigenvalue weighted by atomic mass is 32.2. The molecule has 0 aromatic carbocycles. The number of fused-ring (bicyclic) bond motifs is 5. The average Bonchev–Trinajstić information content (AvgIpc) is 3.04. The molecule has 1 N–H and O–H groups in total. The lowest BCUT2D eigenvalue weighted by molar-refractivity contribution is -0.182. The summed E-state index contributed by atoms with van der Waals surface area (Å²) in [5.41, 5.74) is -2.10. The van der Waals surface area contributed by atoms with Crippen LogP contribution in [0.25, 0.3) is 0 Å². The molecule has 9 nitrogen and oxygen atoms in total. The van der Waals surface area contributed by atoms with Crippen molar-refractivity contribution in [1.82, 2.24) is 0 Å². The number of ether oxygens (including phenoxy) is 2. The molecule has 188 valence electrons. The van der Waals surface area contributed by atoms with Crippen LogP contribution in [0.3, 0.4) is 0 Å². The van der Waals surface area contributed by atoms with Crippen LogP contribution >= 0.6 is 0 Å². The minimum absolute atomic E-state index is 0.0144. The zero-order valence-corrected chi connectivity index (χ0v) is 20.7. The van der Waals surface area contributed by atoms with Gasteiger partial charge >= 0.3 is 6.16 Å². The molecule has 0 amide bonds. The van der Waals surface area contributed by atoms with Gasteiger partial charge in [-0.3, -0.25) is 13.8 Å². The third kappa shape index (κ3) is 3.74. The molecule has 10 heteroatoms. The summed E-state index contributed by atoms with van der Waals surface area (Å²) in [7, 11) is -2.76. The quantitative estimate of drug-likeness (QED) is 0.450. The third-order valence-electron chi connectivity index (χ3n) is 8.89. The van der Waals surface area contributed by atoms with Gasteiger partial charge in [-0.2, -0.15) is 8.42 Å². The second-order valence-corrected chi connectivity index (χ2v) is 12.2. The summed E-state index contributed by atoms with van der Waals surface area (Å²) in [5, 5.41) is 11.5. The van der Waals surface area contributed by atoms with Crippen molar-refractivity contribution in [2.24, 2.45) is 28.6 Å². The minimum Gasteiger partial charge on any atom is -0.438 e. The van der Waals surface area contributed by atoms with Crippen molar-refractivity contribution >= 4 is 27.8 Å². The van der Waals surface area contributed by atoms with Crippen molar-refractivity contribution in [3.8, 4) is 0 Å². The van der Waals surface area contributed by atoms with Crippen LogP contribution in [0.5, 0.6) is 0 Å². The highest BCUT2D eigenvalue weighted by molar-refractivity contribution is 7.86. The minimum atomic E-state index is -3.90. The number of hydrogen-bond acceptors (Lipinski definition) is 9. The standard InChI is InChI=1S/C24H32O9S/c1-22-9-7-15(25)11-14(22)5-6-16-17-8-10-24(33-21(28)31-3,19(27)13-32-34(4,29)30)23(17,2)12-18(26)20(16)22/h7,9,11,16-18,20,26H,5-6,8,10,12-13H2,1-4H3/t16-,17-,18?,20+,22-,23-,24-/m0/s1. The summed E-state index contributed by atoms with van der Waals surface area (Å²) < 4.78 is 38.2. The number of rotatable bonds is 5. The Hall–Kier alpha value is -2.04. The number of aliphatic hydroxyl groups excluding tert-OH is 1. The lowest BCUT2D eigenvalue weighted by Crippen LogP contribution is -2.63. The molecular formula is C24H32O9S. The molecule has 0 bridgehead atoms. The molecule has 4 rings (SSSR count). The van der Waals surface area contributed by atoms with Crippen LogP contribution in [0, 0.1) is 28.6 Å². The molecule has 1 unspecified atom stereocenters. The molecule has 0 spiro atoms. The zero-order valence-electron chi connectivity index (χ0n) is 19.9. The summed E-state index contributed by atoms with van der Waals surface area (Å²) in [5.74, 6) is -0.933. The van der Waals surface area contributed by atoms with Gasteiger partial charge in [0, 0.05) is 16.7 Å². The van der Waals surface area contributed by atoms with Crippen molar-refractivity contribution in [3.05, 3.63) is 23.8 Å². The fourth-order valence-electron chi connectivity index (χ4n) is 7.46. The van der Waals surface area contributed by atoms with Crippen LogP contribution in [0.1, 0.15) is 46.0 Å². The van der Waals surface area contributed by atoms with Crippen molar-refractivity contribution in [3.63, 3.8) is 0 Å². The smallest absolute Gasteiger partial charge is 0.438 e. The van der Waals surface area contributed by atoms with Gasteiger partial charge in [0.05, 0.1) is 19.5 Å². The summed E-state index contributed by atoms with van der Waals surface area (Å²) in [4.78, 5) is 37.7. The van der Waals surface area contributed by atoms with E-state index in [1.54, 1.807) is 12.2 Å². The molecule has 0 heterocycles. The van der Waals surface area contributed by atoms with Crippen LogP contribution in [-0.4, -0.2) is 62.9 Å². The molecule has 3 saturated carbocycles. The second kappa shape index (κ2) is 8.27. The maximum atomic E-state index is 13.5. The van der Waals surface area contributed by atoms with Gasteiger partial charge in [0.2, 0.25) is 5.78 Å². The predicted octanol–water partition coefficient (Wildman–Crippen LogP) is 2.33. The Morgan fingerprint density at radius 1 is 1.24 bits per heavy atom. The first-order valence-corrected chi connectivity index (χ1v) is 13.4. The van der Waals surface area contributed by atoms with Crippen molar-refractivity contribution in [2.75, 3.05) is 20.0 Å². The molecule has 0 radical (unpaired) electrons. The SMILES string of the molecule is COC(=O)O[C@]1(C(=O)COS(C)(=O)=O)CC[C@H]2[C@@H]3CCC4=CC(=O)C=C[C@]4(C)[C@H]3C(O)C[C@@]21C. The van der Waals surface area contributed by atoms with Crippen LogP contribution in [0.4, 0.5) is 4.79 Å². The molecule has 7 atom stereocenters. The van der Waals surface area contributed by atoms with Crippen LogP contribution in [0.2, 0.25) is 0 Å². The number of aliphatic hydroxyl groups is 1. The van der Waals surface area contributed by atoms with Crippen LogP contribution in [-0.2, 0) is 33.4 Å². The number of methoxy groups -OCH3 is 1. The first kappa shape index (κ1) is 25.1. The predicted molar refractivity (Wildman–Crippen MR) is 120 cm³/mol. The largest absolute Gasteiger partial charge is 0.509 e. The molecule has 0 aromatic rings. The van der Waals surface area contributed by atoms with Crippen LogP contribution in [0.15, 0.2) is 23.8 Å². The maximum Gasteiger partial charge on any atom is 0.509 e. The van der Waals surface area contributed by atoms with E-state index in [0.717, 1.165) is 25.4 Å². The van der Waals surface area contributed by atoms with E-state index in [-0.39, 0.29) is 36.4 Å². The monoisotopic (exact) mass is 496 g/mol. The van der Waals surface area contributed by atoms with Gasteiger partial charge in [-0.05, 0) is 56.1 Å². The summed E-state index contributed by atoms with van der Waals surface area (Å²) in [6.07, 6.45) is 6.43. The molecule has 4 aliphatic carbocycles. The van der Waals surface area contributed by atoms with Gasteiger partial charge in [0.15, 0.2) is 11.4 Å². The summed E-state index contributed by atoms with van der Waals surface area (Å²) in [6, 6.07) is 0. The van der Waals surface area contributed by atoms with Gasteiger partial charge in [-0.1, -0.05) is 25.5 Å². The van der Waals surface area contributed by atoms with Crippen molar-refractivity contribution < 1.29 is 41.6 Å². The average molecular weight is 497 g/mol. The first-order valence-electron chi connectivity index (χ1n) is 11.5. The number of allylic oxidation sites excluding steroid dienone is 4. The highest BCUT2D eigenvalue weighted by Gasteiger charge is 2.70. The fourth-order valence-corrected chi connectivity index (χ4v) is 7.78. The Kier molecular flexibility index (Phi) is 6.10. The zero-order chi connectivity index (χ0) is 25.1. The van der Waals surface area contributed by atoms with E-state index in [1.807, 2.05) is 19.9 Å². The lowest BCUT2D eigenvalue weighted by Gasteiger charge is -2.59.